The van der Waals surface area contributed by atoms with E-state index in [9.17, 15) is 4.79 Å². The van der Waals surface area contributed by atoms with Gasteiger partial charge in [-0.15, -0.1) is 0 Å². The van der Waals surface area contributed by atoms with Gasteiger partial charge in [0.05, 0.1) is 12.0 Å². The van der Waals surface area contributed by atoms with Crippen molar-refractivity contribution < 1.29 is 4.79 Å². The summed E-state index contributed by atoms with van der Waals surface area (Å²) < 4.78 is 0. The van der Waals surface area contributed by atoms with E-state index >= 15 is 0 Å². The average molecular weight is 152 g/mol. The lowest BCUT2D eigenvalue weighted by molar-refractivity contribution is -0.120. The van der Waals surface area contributed by atoms with Crippen molar-refractivity contribution in [1.82, 2.24) is 15.4 Å². The molecule has 0 saturated heterocycles. The van der Waals surface area contributed by atoms with Gasteiger partial charge in [0.1, 0.15) is 0 Å². The molecule has 0 atom stereocenters. The van der Waals surface area contributed by atoms with Crippen LogP contribution in [0.4, 0.5) is 5.82 Å². The molecule has 2 rings (SSSR count). The average Bonchev–Trinajstić information content (AvgIpc) is 2.38. The summed E-state index contributed by atoms with van der Waals surface area (Å²) >= 11 is 0. The number of rotatable bonds is 0. The van der Waals surface area contributed by atoms with E-state index in [4.69, 9.17) is 0 Å². The largest absolute Gasteiger partial charge is 0.347 e. The van der Waals surface area contributed by atoms with Gasteiger partial charge in [-0.2, -0.15) is 0 Å². The summed E-state index contributed by atoms with van der Waals surface area (Å²) in [4.78, 5) is 17.8. The van der Waals surface area contributed by atoms with Crippen molar-refractivity contribution in [2.45, 2.75) is 12.8 Å². The number of amides is 1. The highest BCUT2D eigenvalue weighted by atomic mass is 16.2. The number of anilines is 1. The summed E-state index contributed by atoms with van der Waals surface area (Å²) in [6.45, 7) is 0. The molecule has 0 aromatic carbocycles. The van der Waals surface area contributed by atoms with Gasteiger partial charge in [-0.25, -0.2) is 4.98 Å². The molecule has 1 aromatic rings. The van der Waals surface area contributed by atoms with Crippen LogP contribution in [-0.4, -0.2) is 15.9 Å². The molecule has 0 aliphatic carbocycles. The number of hydrogen-bond acceptors (Lipinski definition) is 3. The molecular weight excluding hydrogens is 144 g/mol. The van der Waals surface area contributed by atoms with Gasteiger partial charge in [-0.05, 0) is 0 Å². The van der Waals surface area contributed by atoms with E-state index < -0.39 is 0 Å². The fourth-order valence-corrected chi connectivity index (χ4v) is 1.05. The molecule has 1 amide bonds. The number of hydrazine groups is 1. The number of fused-ring (bicyclic) bond motifs is 1. The first-order valence-corrected chi connectivity index (χ1v) is 3.43. The standard InChI is InChI=1S/C6H8N4O/c11-5-2-1-4-6(10-9-5)8-3-7-4/h3,10H,1-2H2,(H,7,8)(H,9,11). The highest BCUT2D eigenvalue weighted by Gasteiger charge is 2.12. The number of H-pyrrole nitrogens is 1. The molecule has 0 radical (unpaired) electrons. The third-order valence-corrected chi connectivity index (χ3v) is 1.64. The van der Waals surface area contributed by atoms with Crippen molar-refractivity contribution in [3.63, 3.8) is 0 Å². The molecular formula is C6H8N4O. The second-order valence-electron chi connectivity index (χ2n) is 2.40. The van der Waals surface area contributed by atoms with E-state index in [1.165, 1.54) is 0 Å². The Hall–Kier alpha value is -1.52. The van der Waals surface area contributed by atoms with Gasteiger partial charge in [0.15, 0.2) is 5.82 Å². The lowest BCUT2D eigenvalue weighted by Crippen LogP contribution is -2.27. The molecule has 0 saturated carbocycles. The van der Waals surface area contributed by atoms with Crippen LogP contribution in [0.25, 0.3) is 0 Å². The SMILES string of the molecule is O=C1CCc2[nH]cnc2NN1. The Kier molecular flexibility index (Phi) is 1.28. The predicted molar refractivity (Wildman–Crippen MR) is 38.7 cm³/mol. The van der Waals surface area contributed by atoms with Gasteiger partial charge in [0.2, 0.25) is 5.91 Å². The summed E-state index contributed by atoms with van der Waals surface area (Å²) in [5, 5.41) is 0. The van der Waals surface area contributed by atoms with E-state index in [-0.39, 0.29) is 5.91 Å². The molecule has 3 N–H and O–H groups in total. The quantitative estimate of drug-likeness (QED) is 0.482. The van der Waals surface area contributed by atoms with Gasteiger partial charge in [0.25, 0.3) is 0 Å². The second kappa shape index (κ2) is 2.26. The number of aromatic nitrogens is 2. The summed E-state index contributed by atoms with van der Waals surface area (Å²) in [6.07, 6.45) is 2.82. The minimum atomic E-state index is -0.00333. The second-order valence-corrected chi connectivity index (χ2v) is 2.40. The number of aryl methyl sites for hydroxylation is 1. The van der Waals surface area contributed by atoms with Gasteiger partial charge in [-0.3, -0.25) is 15.6 Å². The zero-order valence-electron chi connectivity index (χ0n) is 5.85. The van der Waals surface area contributed by atoms with Crippen LogP contribution in [0.15, 0.2) is 6.33 Å². The molecule has 2 heterocycles. The maximum absolute atomic E-state index is 10.8. The Morgan fingerprint density at radius 2 is 2.27 bits per heavy atom. The molecule has 1 aliphatic heterocycles. The van der Waals surface area contributed by atoms with E-state index in [0.29, 0.717) is 12.8 Å². The smallest absolute Gasteiger partial charge is 0.238 e. The zero-order valence-corrected chi connectivity index (χ0v) is 5.85. The first-order valence-electron chi connectivity index (χ1n) is 3.43. The molecule has 11 heavy (non-hydrogen) atoms. The third-order valence-electron chi connectivity index (χ3n) is 1.64. The first-order chi connectivity index (χ1) is 5.36. The van der Waals surface area contributed by atoms with Gasteiger partial charge < -0.3 is 4.98 Å². The first kappa shape index (κ1) is 6.21. The molecule has 0 spiro atoms. The van der Waals surface area contributed by atoms with Gasteiger partial charge >= 0.3 is 0 Å². The van der Waals surface area contributed by atoms with Crippen LogP contribution >= 0.6 is 0 Å². The summed E-state index contributed by atoms with van der Waals surface area (Å²) in [5.74, 6) is 0.715. The number of nitrogens with zero attached hydrogens (tertiary/aromatic N) is 1. The molecule has 5 nitrogen and oxygen atoms in total. The lowest BCUT2D eigenvalue weighted by Gasteiger charge is -1.99. The molecule has 58 valence electrons. The van der Waals surface area contributed by atoms with E-state index in [1.54, 1.807) is 6.33 Å². The number of carbonyl (C=O) groups is 1. The number of hydrogen-bond donors (Lipinski definition) is 3. The van der Waals surface area contributed by atoms with E-state index in [2.05, 4.69) is 20.8 Å². The third kappa shape index (κ3) is 1.04. The monoisotopic (exact) mass is 152 g/mol. The van der Waals surface area contributed by atoms with Crippen molar-refractivity contribution in [2.75, 3.05) is 5.43 Å². The fraction of sp³-hybridized carbons (Fsp3) is 0.333. The fourth-order valence-electron chi connectivity index (χ4n) is 1.05. The minimum Gasteiger partial charge on any atom is -0.347 e. The van der Waals surface area contributed by atoms with Crippen LogP contribution in [0.2, 0.25) is 0 Å². The van der Waals surface area contributed by atoms with Gasteiger partial charge in [0, 0.05) is 12.8 Å². The Balaban J connectivity index is 2.27. The summed E-state index contributed by atoms with van der Waals surface area (Å²) in [5.41, 5.74) is 6.20. The molecule has 0 unspecified atom stereocenters. The predicted octanol–water partition coefficient (Wildman–Crippen LogP) is -0.201. The van der Waals surface area contributed by atoms with Crippen molar-refractivity contribution in [3.05, 3.63) is 12.0 Å². The molecule has 5 heteroatoms. The van der Waals surface area contributed by atoms with Crippen molar-refractivity contribution in [2.24, 2.45) is 0 Å². The van der Waals surface area contributed by atoms with Crippen molar-refractivity contribution in [1.29, 1.82) is 0 Å². The van der Waals surface area contributed by atoms with Gasteiger partial charge in [-0.1, -0.05) is 0 Å². The maximum atomic E-state index is 10.8. The Labute approximate surface area is 63.2 Å². The Bertz CT molecular complexity index is 255. The molecule has 1 aliphatic rings. The lowest BCUT2D eigenvalue weighted by atomic mass is 10.2. The van der Waals surface area contributed by atoms with Crippen LogP contribution in [0.1, 0.15) is 12.1 Å². The van der Waals surface area contributed by atoms with E-state index in [0.717, 1.165) is 11.5 Å². The van der Waals surface area contributed by atoms with Crippen LogP contribution in [0.5, 0.6) is 0 Å². The minimum absolute atomic E-state index is 0.00333. The number of aromatic amines is 1. The van der Waals surface area contributed by atoms with Crippen LogP contribution in [0.3, 0.4) is 0 Å². The molecule has 0 fully saturated rings. The Morgan fingerprint density at radius 1 is 1.36 bits per heavy atom. The highest BCUT2D eigenvalue weighted by molar-refractivity contribution is 5.78. The summed E-state index contributed by atoms with van der Waals surface area (Å²) in [7, 11) is 0. The highest BCUT2D eigenvalue weighted by Crippen LogP contribution is 2.12. The maximum Gasteiger partial charge on any atom is 0.238 e. The number of carbonyl (C=O) groups excluding carboxylic acids is 1. The summed E-state index contributed by atoms with van der Waals surface area (Å²) in [6, 6.07) is 0. The normalized spacial score (nSPS) is 16.2. The molecule has 1 aromatic heterocycles. The number of imidazole rings is 1. The van der Waals surface area contributed by atoms with Crippen LogP contribution < -0.4 is 10.9 Å². The van der Waals surface area contributed by atoms with Crippen molar-refractivity contribution >= 4 is 11.7 Å². The van der Waals surface area contributed by atoms with Crippen molar-refractivity contribution in [3.8, 4) is 0 Å². The molecule has 0 bridgehead atoms. The van der Waals surface area contributed by atoms with Crippen LogP contribution in [0, 0.1) is 0 Å². The van der Waals surface area contributed by atoms with Crippen LogP contribution in [-0.2, 0) is 11.2 Å². The topological polar surface area (TPSA) is 69.8 Å². The number of nitrogens with one attached hydrogen (secondary N) is 3. The zero-order chi connectivity index (χ0) is 7.68. The van der Waals surface area contributed by atoms with E-state index in [1.807, 2.05) is 0 Å². The Morgan fingerprint density at radius 3 is 3.18 bits per heavy atom.